The molecular weight excluding hydrogens is 410 g/mol. The Morgan fingerprint density at radius 1 is 0.969 bits per heavy atom. The highest BCUT2D eigenvalue weighted by molar-refractivity contribution is 6.04. The monoisotopic (exact) mass is 433 g/mol. The first-order valence-electron chi connectivity index (χ1n) is 9.85. The van der Waals surface area contributed by atoms with Crippen LogP contribution in [0.5, 0.6) is 17.2 Å². The van der Waals surface area contributed by atoms with Crippen LogP contribution >= 0.6 is 0 Å². The molecule has 0 aliphatic carbocycles. The fourth-order valence-corrected chi connectivity index (χ4v) is 2.76. The summed E-state index contributed by atoms with van der Waals surface area (Å²) in [6.07, 6.45) is 1.45. The molecule has 0 unspecified atom stereocenters. The molecule has 8 heteroatoms. The van der Waals surface area contributed by atoms with E-state index in [1.165, 1.54) is 12.3 Å². The van der Waals surface area contributed by atoms with Gasteiger partial charge in [-0.3, -0.25) is 9.59 Å². The summed E-state index contributed by atoms with van der Waals surface area (Å²) in [7, 11) is 1.56. The Morgan fingerprint density at radius 2 is 1.62 bits per heavy atom. The van der Waals surface area contributed by atoms with Crippen molar-refractivity contribution in [2.45, 2.75) is 6.92 Å². The van der Waals surface area contributed by atoms with E-state index in [0.29, 0.717) is 40.5 Å². The van der Waals surface area contributed by atoms with E-state index in [1.54, 1.807) is 67.8 Å². The Morgan fingerprint density at radius 3 is 2.28 bits per heavy atom. The van der Waals surface area contributed by atoms with Gasteiger partial charge < -0.3 is 19.9 Å². The fourth-order valence-electron chi connectivity index (χ4n) is 2.76. The lowest BCUT2D eigenvalue weighted by atomic mass is 10.1. The van der Waals surface area contributed by atoms with Crippen LogP contribution in [-0.4, -0.2) is 36.9 Å². The van der Waals surface area contributed by atoms with Crippen LogP contribution in [0, 0.1) is 0 Å². The summed E-state index contributed by atoms with van der Waals surface area (Å²) in [6.45, 7) is 2.23. The Bertz CT molecular complexity index is 1110. The first-order chi connectivity index (χ1) is 15.5. The molecule has 0 spiro atoms. The number of phenols is 1. The number of hydrogen-bond acceptors (Lipinski definition) is 6. The van der Waals surface area contributed by atoms with Gasteiger partial charge in [0.05, 0.1) is 19.9 Å². The molecule has 2 amide bonds. The Hall–Kier alpha value is -4.33. The molecule has 0 bridgehead atoms. The Kier molecular flexibility index (Phi) is 7.42. The molecule has 8 nitrogen and oxygen atoms in total. The lowest BCUT2D eigenvalue weighted by molar-refractivity contribution is 0.0954. The Balaban J connectivity index is 1.57. The highest BCUT2D eigenvalue weighted by Crippen LogP contribution is 2.26. The largest absolute Gasteiger partial charge is 0.504 e. The number of nitrogens with one attached hydrogen (secondary N) is 2. The first-order valence-corrected chi connectivity index (χ1v) is 9.85. The van der Waals surface area contributed by atoms with Gasteiger partial charge in [-0.2, -0.15) is 5.10 Å². The molecule has 0 aliphatic rings. The molecule has 164 valence electrons. The number of ether oxygens (including phenoxy) is 2. The predicted molar refractivity (Wildman–Crippen MR) is 122 cm³/mol. The zero-order valence-electron chi connectivity index (χ0n) is 17.7. The maximum atomic E-state index is 12.3. The average molecular weight is 433 g/mol. The molecule has 0 saturated carbocycles. The van der Waals surface area contributed by atoms with E-state index in [0.717, 1.165) is 0 Å². The first kappa shape index (κ1) is 22.4. The summed E-state index contributed by atoms with van der Waals surface area (Å²) in [5.41, 5.74) is 4.52. The second-order valence-corrected chi connectivity index (χ2v) is 6.62. The molecule has 0 heterocycles. The van der Waals surface area contributed by atoms with Crippen LogP contribution in [0.4, 0.5) is 5.69 Å². The summed E-state index contributed by atoms with van der Waals surface area (Å²) >= 11 is 0. The van der Waals surface area contributed by atoms with Crippen molar-refractivity contribution in [1.82, 2.24) is 5.43 Å². The number of hydrogen-bond donors (Lipinski definition) is 3. The molecule has 0 aromatic heterocycles. The minimum Gasteiger partial charge on any atom is -0.504 e. The van der Waals surface area contributed by atoms with Gasteiger partial charge in [0.25, 0.3) is 11.8 Å². The van der Waals surface area contributed by atoms with Crippen LogP contribution in [0.3, 0.4) is 0 Å². The number of rotatable bonds is 8. The van der Waals surface area contributed by atoms with Gasteiger partial charge in [0.15, 0.2) is 11.5 Å². The van der Waals surface area contributed by atoms with E-state index in [-0.39, 0.29) is 11.7 Å². The van der Waals surface area contributed by atoms with E-state index in [1.807, 2.05) is 6.92 Å². The summed E-state index contributed by atoms with van der Waals surface area (Å²) in [5, 5.41) is 16.4. The molecule has 0 saturated heterocycles. The molecule has 3 aromatic carbocycles. The normalized spacial score (nSPS) is 10.6. The second-order valence-electron chi connectivity index (χ2n) is 6.62. The number of aromatic hydroxyl groups is 1. The van der Waals surface area contributed by atoms with Gasteiger partial charge in [-0.15, -0.1) is 0 Å². The molecule has 0 fully saturated rings. The number of hydrazone groups is 1. The zero-order chi connectivity index (χ0) is 22.9. The fraction of sp³-hybridized carbons (Fsp3) is 0.125. The van der Waals surface area contributed by atoms with Crippen LogP contribution in [0.25, 0.3) is 0 Å². The number of nitrogens with zero attached hydrogens (tertiary/aromatic N) is 1. The number of phenolic OH excluding ortho intramolecular Hbond substituents is 1. The molecule has 0 atom stereocenters. The number of anilines is 1. The van der Waals surface area contributed by atoms with Crippen LogP contribution in [0.1, 0.15) is 33.2 Å². The lowest BCUT2D eigenvalue weighted by Crippen LogP contribution is -2.17. The quantitative estimate of drug-likeness (QED) is 0.370. The number of carbonyl (C=O) groups excluding carboxylic acids is 2. The maximum Gasteiger partial charge on any atom is 0.271 e. The molecule has 3 N–H and O–H groups in total. The van der Waals surface area contributed by atoms with E-state index in [9.17, 15) is 14.7 Å². The number of amides is 2. The third-order valence-electron chi connectivity index (χ3n) is 4.42. The standard InChI is InChI=1S/C24H23N3O5/c1-3-32-22-14-16(4-13-21(22)28)15-25-27-24(30)18-5-9-19(10-6-18)26-23(29)17-7-11-20(31-2)12-8-17/h4-15,28H,3H2,1-2H3,(H,26,29)(H,27,30)/b25-15+. The summed E-state index contributed by atoms with van der Waals surface area (Å²) < 4.78 is 10.4. The highest BCUT2D eigenvalue weighted by Gasteiger charge is 2.08. The minimum absolute atomic E-state index is 0.0345. The molecule has 3 aromatic rings. The molecule has 0 radical (unpaired) electrons. The number of carbonyl (C=O) groups is 2. The van der Waals surface area contributed by atoms with Gasteiger partial charge in [0, 0.05) is 16.8 Å². The average Bonchev–Trinajstić information content (AvgIpc) is 2.81. The summed E-state index contributed by atoms with van der Waals surface area (Å²) in [4.78, 5) is 24.6. The molecular formula is C24H23N3O5. The highest BCUT2D eigenvalue weighted by atomic mass is 16.5. The number of methoxy groups -OCH3 is 1. The van der Waals surface area contributed by atoms with Crippen LogP contribution in [0.2, 0.25) is 0 Å². The van der Waals surface area contributed by atoms with Gasteiger partial charge in [-0.05, 0) is 79.2 Å². The van der Waals surface area contributed by atoms with Crippen molar-refractivity contribution in [3.05, 3.63) is 83.4 Å². The van der Waals surface area contributed by atoms with Crippen LogP contribution in [0.15, 0.2) is 71.8 Å². The van der Waals surface area contributed by atoms with Gasteiger partial charge in [0.2, 0.25) is 0 Å². The summed E-state index contributed by atoms with van der Waals surface area (Å²) in [5.74, 6) is 0.370. The van der Waals surface area contributed by atoms with E-state index < -0.39 is 5.91 Å². The third-order valence-corrected chi connectivity index (χ3v) is 4.42. The van der Waals surface area contributed by atoms with Gasteiger partial charge in [-0.25, -0.2) is 5.43 Å². The van der Waals surface area contributed by atoms with Crippen molar-refractivity contribution < 1.29 is 24.2 Å². The molecule has 3 rings (SSSR count). The molecule has 0 aliphatic heterocycles. The predicted octanol–water partition coefficient (Wildman–Crippen LogP) is 3.82. The van der Waals surface area contributed by atoms with Gasteiger partial charge in [-0.1, -0.05) is 0 Å². The third kappa shape index (κ3) is 5.85. The van der Waals surface area contributed by atoms with Gasteiger partial charge >= 0.3 is 0 Å². The lowest BCUT2D eigenvalue weighted by Gasteiger charge is -2.07. The van der Waals surface area contributed by atoms with Gasteiger partial charge in [0.1, 0.15) is 5.75 Å². The minimum atomic E-state index is -0.405. The smallest absolute Gasteiger partial charge is 0.271 e. The second kappa shape index (κ2) is 10.6. The number of benzene rings is 3. The SMILES string of the molecule is CCOc1cc(/C=N/NC(=O)c2ccc(NC(=O)c3ccc(OC)cc3)cc2)ccc1O. The van der Waals surface area contributed by atoms with Crippen molar-refractivity contribution >= 4 is 23.7 Å². The van der Waals surface area contributed by atoms with Crippen LogP contribution in [-0.2, 0) is 0 Å². The van der Waals surface area contributed by atoms with E-state index in [2.05, 4.69) is 15.8 Å². The Labute approximate surface area is 185 Å². The van der Waals surface area contributed by atoms with E-state index in [4.69, 9.17) is 9.47 Å². The summed E-state index contributed by atoms with van der Waals surface area (Å²) in [6, 6.07) is 17.9. The van der Waals surface area contributed by atoms with Crippen molar-refractivity contribution in [2.75, 3.05) is 19.0 Å². The van der Waals surface area contributed by atoms with E-state index >= 15 is 0 Å². The topological polar surface area (TPSA) is 109 Å². The van der Waals surface area contributed by atoms with Crippen molar-refractivity contribution in [3.63, 3.8) is 0 Å². The van der Waals surface area contributed by atoms with Crippen molar-refractivity contribution in [1.29, 1.82) is 0 Å². The van der Waals surface area contributed by atoms with Crippen LogP contribution < -0.4 is 20.2 Å². The maximum absolute atomic E-state index is 12.3. The zero-order valence-corrected chi connectivity index (χ0v) is 17.7. The van der Waals surface area contributed by atoms with Crippen molar-refractivity contribution in [2.24, 2.45) is 5.10 Å². The van der Waals surface area contributed by atoms with Crippen molar-refractivity contribution in [3.8, 4) is 17.2 Å². The molecule has 32 heavy (non-hydrogen) atoms.